The molecule has 7 nitrogen and oxygen atoms in total. The first-order valence-electron chi connectivity index (χ1n) is 24.4. The number of nitro groups is 1. The molecule has 0 spiro atoms. The highest BCUT2D eigenvalue weighted by molar-refractivity contribution is 7.76. The van der Waals surface area contributed by atoms with E-state index >= 15 is 0 Å². The summed E-state index contributed by atoms with van der Waals surface area (Å²) in [5.41, 5.74) is 0.0916. The maximum Gasteiger partial charge on any atom is 0.312 e. The summed E-state index contributed by atoms with van der Waals surface area (Å²) in [6.07, 6.45) is 30.1. The number of carbonyl (C=O) groups excluding carboxylic acids is 1. The van der Waals surface area contributed by atoms with E-state index in [1.54, 1.807) is 6.07 Å². The SMILES string of the molecule is CCCC[P+](CCCC)(CCCC)CCCCOc1cc(C(OC(=O)C(C)(C)CC)c2ccccc2)c([N+](=O)[O-])cc1OCCCC[P+](CCCC)(CCCC)CCCC.[Br-].[Br-]. The molecule has 1 unspecified atom stereocenters. The summed E-state index contributed by atoms with van der Waals surface area (Å²) in [5.74, 6) is 0.493. The van der Waals surface area contributed by atoms with Crippen molar-refractivity contribution in [1.29, 1.82) is 0 Å². The lowest BCUT2D eigenvalue weighted by Gasteiger charge is -2.28. The van der Waals surface area contributed by atoms with Crippen LogP contribution in [0.5, 0.6) is 11.5 Å². The van der Waals surface area contributed by atoms with Crippen LogP contribution >= 0.6 is 14.5 Å². The molecule has 0 aliphatic carbocycles. The number of unbranched alkanes of at least 4 members (excludes halogenated alkanes) is 8. The molecule has 0 N–H and O–H groups in total. The van der Waals surface area contributed by atoms with Crippen molar-refractivity contribution in [1.82, 2.24) is 0 Å². The number of nitrogens with zero attached hydrogens (tertiary/aromatic N) is 1. The van der Waals surface area contributed by atoms with Gasteiger partial charge in [0, 0.05) is 14.5 Å². The molecule has 0 fully saturated rings. The number of esters is 1. The lowest BCUT2D eigenvalue weighted by Crippen LogP contribution is -3.00. The predicted molar refractivity (Wildman–Crippen MR) is 263 cm³/mol. The zero-order chi connectivity index (χ0) is 44.3. The fourth-order valence-electron chi connectivity index (χ4n) is 8.27. The van der Waals surface area contributed by atoms with Gasteiger partial charge in [-0.05, 0) is 96.1 Å². The van der Waals surface area contributed by atoms with E-state index < -0.39 is 32.0 Å². The number of ether oxygens (including phenoxy) is 3. The van der Waals surface area contributed by atoms with Gasteiger partial charge in [0.05, 0.1) is 84.5 Å². The van der Waals surface area contributed by atoms with Crippen molar-refractivity contribution in [3.63, 3.8) is 0 Å². The molecule has 358 valence electrons. The first-order valence-corrected chi connectivity index (χ1v) is 29.5. The third-order valence-electron chi connectivity index (χ3n) is 12.8. The number of halogens is 2. The molecular weight excluding hydrogens is 944 g/mol. The summed E-state index contributed by atoms with van der Waals surface area (Å²) >= 11 is 0. The van der Waals surface area contributed by atoms with E-state index in [9.17, 15) is 14.9 Å². The van der Waals surface area contributed by atoms with Gasteiger partial charge in [-0.2, -0.15) is 0 Å². The van der Waals surface area contributed by atoms with Crippen LogP contribution in [0.15, 0.2) is 42.5 Å². The van der Waals surface area contributed by atoms with Crippen molar-refractivity contribution in [3.8, 4) is 11.5 Å². The molecule has 0 aromatic heterocycles. The van der Waals surface area contributed by atoms with E-state index in [4.69, 9.17) is 14.2 Å². The van der Waals surface area contributed by atoms with Gasteiger partial charge in [-0.15, -0.1) is 0 Å². The Morgan fingerprint density at radius 2 is 0.968 bits per heavy atom. The van der Waals surface area contributed by atoms with Crippen LogP contribution in [0.25, 0.3) is 0 Å². The Bertz CT molecular complexity index is 1440. The Labute approximate surface area is 402 Å². The second-order valence-corrected chi connectivity index (χ2v) is 27.2. The maximum absolute atomic E-state index is 13.6. The van der Waals surface area contributed by atoms with E-state index in [2.05, 4.69) is 41.5 Å². The van der Waals surface area contributed by atoms with Crippen LogP contribution in [0.1, 0.15) is 189 Å². The van der Waals surface area contributed by atoms with Gasteiger partial charge in [0.15, 0.2) is 17.6 Å². The molecular formula is C51H89Br2NO6P2. The van der Waals surface area contributed by atoms with Gasteiger partial charge in [-0.1, -0.05) is 117 Å². The first-order chi connectivity index (χ1) is 28.9. The summed E-state index contributed by atoms with van der Waals surface area (Å²) in [4.78, 5) is 26.1. The van der Waals surface area contributed by atoms with Crippen LogP contribution in [0.3, 0.4) is 0 Å². The Morgan fingerprint density at radius 3 is 1.32 bits per heavy atom. The van der Waals surface area contributed by atoms with Crippen molar-refractivity contribution in [3.05, 3.63) is 63.7 Å². The van der Waals surface area contributed by atoms with Gasteiger partial charge in [0.2, 0.25) is 0 Å². The summed E-state index contributed by atoms with van der Waals surface area (Å²) in [5, 5.41) is 12.9. The summed E-state index contributed by atoms with van der Waals surface area (Å²) in [7, 11) is -2.05. The van der Waals surface area contributed by atoms with Gasteiger partial charge in [-0.25, -0.2) is 0 Å². The first kappa shape index (κ1) is 60.7. The topological polar surface area (TPSA) is 87.9 Å². The Balaban J connectivity index is 0.0000186. The molecule has 0 radical (unpaired) electrons. The van der Waals surface area contributed by atoms with E-state index in [1.165, 1.54) is 132 Å². The predicted octanol–water partition coefficient (Wildman–Crippen LogP) is 9.83. The Kier molecular flexibility index (Phi) is 33.4. The molecule has 2 rings (SSSR count). The number of hydrogen-bond acceptors (Lipinski definition) is 6. The van der Waals surface area contributed by atoms with Gasteiger partial charge in [-0.3, -0.25) is 14.9 Å². The minimum atomic E-state index is -1.03. The van der Waals surface area contributed by atoms with Crippen LogP contribution in [0.2, 0.25) is 0 Å². The molecule has 62 heavy (non-hydrogen) atoms. The second kappa shape index (κ2) is 34.1. The summed E-state index contributed by atoms with van der Waals surface area (Å²) in [6, 6.07) is 12.6. The molecule has 0 aliphatic rings. The quantitative estimate of drug-likeness (QED) is 0.0222. The van der Waals surface area contributed by atoms with Gasteiger partial charge < -0.3 is 48.2 Å². The van der Waals surface area contributed by atoms with Crippen LogP contribution in [0.4, 0.5) is 5.69 Å². The lowest BCUT2D eigenvalue weighted by molar-refractivity contribution is -0.386. The molecule has 0 heterocycles. The Morgan fingerprint density at radius 1 is 0.597 bits per heavy atom. The molecule has 1 atom stereocenters. The lowest BCUT2D eigenvalue weighted by atomic mass is 9.90. The van der Waals surface area contributed by atoms with Gasteiger partial charge in [0.1, 0.15) is 0 Å². The smallest absolute Gasteiger partial charge is 0.312 e. The highest BCUT2D eigenvalue weighted by Gasteiger charge is 2.37. The average Bonchev–Trinajstić information content (AvgIpc) is 3.26. The average molecular weight is 1030 g/mol. The maximum atomic E-state index is 13.6. The third kappa shape index (κ3) is 21.4. The number of nitro benzene ring substituents is 1. The van der Waals surface area contributed by atoms with Crippen molar-refractivity contribution in [2.45, 2.75) is 178 Å². The van der Waals surface area contributed by atoms with Crippen LogP contribution in [-0.4, -0.2) is 73.4 Å². The normalized spacial score (nSPS) is 12.3. The highest BCUT2D eigenvalue weighted by atomic mass is 79.9. The molecule has 0 amide bonds. The fourth-order valence-corrected chi connectivity index (χ4v) is 18.7. The molecule has 2 aromatic carbocycles. The number of rotatable bonds is 36. The standard InChI is InChI=1S/C51H89NO6P2.2BrH/c1-10-17-34-59(35-18-11-2,36-19-12-3)40-28-26-32-56-47-42-45(49(44-30-24-23-25-31-44)58-50(53)51(8,9)16-7)46(52(54)55)43-48(47)57-33-27-29-41-60(37-20-13-4,38-21-14-5)39-22-15-6;;/h23-25,30-31,42-43,49H,10-22,26-29,32-41H2,1-9H3;2*1H/q+2;;/p-2. The van der Waals surface area contributed by atoms with Gasteiger partial charge >= 0.3 is 5.97 Å². The van der Waals surface area contributed by atoms with Crippen molar-refractivity contribution < 1.29 is 57.9 Å². The molecule has 0 aliphatic heterocycles. The molecule has 11 heteroatoms. The number of carbonyl (C=O) groups is 1. The monoisotopic (exact) mass is 1030 g/mol. The van der Waals surface area contributed by atoms with Crippen LogP contribution in [0, 0.1) is 15.5 Å². The second-order valence-electron chi connectivity index (χ2n) is 18.3. The third-order valence-corrected chi connectivity index (χ3v) is 22.9. The molecule has 0 saturated carbocycles. The molecule has 0 bridgehead atoms. The van der Waals surface area contributed by atoms with Gasteiger partial charge in [0.25, 0.3) is 5.69 Å². The van der Waals surface area contributed by atoms with E-state index in [-0.39, 0.29) is 44.6 Å². The summed E-state index contributed by atoms with van der Waals surface area (Å²) < 4.78 is 19.4. The molecule has 2 aromatic rings. The van der Waals surface area contributed by atoms with Crippen LogP contribution < -0.4 is 43.4 Å². The zero-order valence-electron chi connectivity index (χ0n) is 40.8. The summed E-state index contributed by atoms with van der Waals surface area (Å²) in [6.45, 7) is 20.5. The Hall–Kier alpha value is -1.27. The van der Waals surface area contributed by atoms with E-state index in [0.717, 1.165) is 25.7 Å². The largest absolute Gasteiger partial charge is 1.00 e. The molecule has 0 saturated heterocycles. The van der Waals surface area contributed by atoms with Crippen molar-refractivity contribution in [2.24, 2.45) is 5.41 Å². The van der Waals surface area contributed by atoms with Crippen LogP contribution in [-0.2, 0) is 9.53 Å². The van der Waals surface area contributed by atoms with E-state index in [0.29, 0.717) is 42.3 Å². The fraction of sp³-hybridized carbons (Fsp3) is 0.745. The van der Waals surface area contributed by atoms with Crippen molar-refractivity contribution in [2.75, 3.05) is 62.5 Å². The van der Waals surface area contributed by atoms with Crippen molar-refractivity contribution >= 4 is 26.2 Å². The zero-order valence-corrected chi connectivity index (χ0v) is 45.7. The highest BCUT2D eigenvalue weighted by Crippen LogP contribution is 2.62. The van der Waals surface area contributed by atoms with E-state index in [1.807, 2.05) is 51.1 Å². The minimum Gasteiger partial charge on any atom is -1.00 e. The number of benzene rings is 2. The minimum absolute atomic E-state index is 0. The number of hydrogen-bond donors (Lipinski definition) is 0.